The number of halogens is 1. The number of amides is 2. The molecule has 156 valence electrons. The van der Waals surface area contributed by atoms with Crippen LogP contribution < -0.4 is 4.90 Å². The SMILES string of the molecule is CC(C)(C)c1nc(-c2ncn3c2CN(C(=O)N2CCCC2)c2cc(Cl)ccc2-3)no1. The summed E-state index contributed by atoms with van der Waals surface area (Å²) in [5.41, 5.74) is 2.84. The summed E-state index contributed by atoms with van der Waals surface area (Å²) < 4.78 is 7.44. The number of rotatable bonds is 1. The number of aromatic nitrogens is 4. The van der Waals surface area contributed by atoms with Crippen LogP contribution in [0.5, 0.6) is 0 Å². The maximum Gasteiger partial charge on any atom is 0.324 e. The van der Waals surface area contributed by atoms with Crippen molar-refractivity contribution in [2.45, 2.75) is 45.6 Å². The molecule has 5 rings (SSSR count). The summed E-state index contributed by atoms with van der Waals surface area (Å²) in [6.45, 7) is 7.96. The zero-order valence-electron chi connectivity index (χ0n) is 17.2. The Morgan fingerprint density at radius 2 is 1.93 bits per heavy atom. The molecular weight excluding hydrogens is 404 g/mol. The average molecular weight is 427 g/mol. The summed E-state index contributed by atoms with van der Waals surface area (Å²) >= 11 is 6.27. The molecular formula is C21H23ClN6O2. The monoisotopic (exact) mass is 426 g/mol. The predicted molar refractivity (Wildman–Crippen MR) is 113 cm³/mol. The highest BCUT2D eigenvalue weighted by molar-refractivity contribution is 6.31. The number of benzene rings is 1. The Morgan fingerprint density at radius 3 is 2.63 bits per heavy atom. The summed E-state index contributed by atoms with van der Waals surface area (Å²) in [6.07, 6.45) is 3.80. The molecule has 2 aliphatic rings. The lowest BCUT2D eigenvalue weighted by molar-refractivity contribution is 0.214. The molecule has 1 fully saturated rings. The first-order valence-corrected chi connectivity index (χ1v) is 10.5. The van der Waals surface area contributed by atoms with Gasteiger partial charge in [0.05, 0.1) is 23.6 Å². The predicted octanol–water partition coefficient (Wildman–Crippen LogP) is 4.41. The zero-order valence-corrected chi connectivity index (χ0v) is 18.0. The van der Waals surface area contributed by atoms with E-state index < -0.39 is 0 Å². The smallest absolute Gasteiger partial charge is 0.324 e. The van der Waals surface area contributed by atoms with E-state index in [0.717, 1.165) is 43.0 Å². The fourth-order valence-corrected chi connectivity index (χ4v) is 4.11. The van der Waals surface area contributed by atoms with Gasteiger partial charge in [-0.2, -0.15) is 4.98 Å². The number of imidazole rings is 1. The lowest BCUT2D eigenvalue weighted by Crippen LogP contribution is -2.43. The summed E-state index contributed by atoms with van der Waals surface area (Å²) in [4.78, 5) is 26.1. The van der Waals surface area contributed by atoms with Crippen LogP contribution in [-0.2, 0) is 12.0 Å². The molecule has 0 saturated carbocycles. The van der Waals surface area contributed by atoms with Crippen LogP contribution in [0.1, 0.15) is 45.2 Å². The highest BCUT2D eigenvalue weighted by Gasteiger charge is 2.34. The molecule has 9 heteroatoms. The third kappa shape index (κ3) is 3.06. The van der Waals surface area contributed by atoms with Gasteiger partial charge in [-0.05, 0) is 31.0 Å². The molecule has 0 spiro atoms. The summed E-state index contributed by atoms with van der Waals surface area (Å²) in [5, 5.41) is 4.74. The number of nitrogens with zero attached hydrogens (tertiary/aromatic N) is 6. The van der Waals surface area contributed by atoms with Gasteiger partial charge < -0.3 is 9.42 Å². The van der Waals surface area contributed by atoms with Crippen LogP contribution in [0.3, 0.4) is 0 Å². The number of likely N-dealkylation sites (tertiary alicyclic amines) is 1. The van der Waals surface area contributed by atoms with Crippen LogP contribution in [0.2, 0.25) is 5.02 Å². The van der Waals surface area contributed by atoms with E-state index in [0.29, 0.717) is 29.0 Å². The van der Waals surface area contributed by atoms with E-state index in [-0.39, 0.29) is 11.4 Å². The van der Waals surface area contributed by atoms with Crippen molar-refractivity contribution in [3.8, 4) is 17.2 Å². The molecule has 0 unspecified atom stereocenters. The van der Waals surface area contributed by atoms with Gasteiger partial charge in [-0.15, -0.1) is 0 Å². The summed E-state index contributed by atoms with van der Waals surface area (Å²) in [5.74, 6) is 0.979. The lowest BCUT2D eigenvalue weighted by atomic mass is 9.97. The number of anilines is 1. The molecule has 4 heterocycles. The van der Waals surface area contributed by atoms with Crippen LogP contribution >= 0.6 is 11.6 Å². The van der Waals surface area contributed by atoms with E-state index in [4.69, 9.17) is 16.1 Å². The molecule has 1 aromatic carbocycles. The van der Waals surface area contributed by atoms with Crippen LogP contribution in [0, 0.1) is 0 Å². The van der Waals surface area contributed by atoms with Gasteiger partial charge >= 0.3 is 6.03 Å². The Labute approximate surface area is 179 Å². The Morgan fingerprint density at radius 1 is 1.17 bits per heavy atom. The van der Waals surface area contributed by atoms with Crippen LogP contribution in [-0.4, -0.2) is 43.7 Å². The first-order chi connectivity index (χ1) is 14.3. The minimum atomic E-state index is -0.258. The molecule has 8 nitrogen and oxygen atoms in total. The van der Waals surface area contributed by atoms with Gasteiger partial charge in [0, 0.05) is 23.5 Å². The van der Waals surface area contributed by atoms with E-state index in [1.54, 1.807) is 11.2 Å². The van der Waals surface area contributed by atoms with Gasteiger partial charge in [-0.3, -0.25) is 9.47 Å². The van der Waals surface area contributed by atoms with Gasteiger partial charge in [0.1, 0.15) is 12.0 Å². The van der Waals surface area contributed by atoms with Crippen molar-refractivity contribution in [3.05, 3.63) is 41.1 Å². The van der Waals surface area contributed by atoms with E-state index in [9.17, 15) is 4.79 Å². The van der Waals surface area contributed by atoms with Gasteiger partial charge in [0.25, 0.3) is 0 Å². The highest BCUT2D eigenvalue weighted by Crippen LogP contribution is 2.38. The minimum Gasteiger partial charge on any atom is -0.338 e. The molecule has 0 aliphatic carbocycles. The quantitative estimate of drug-likeness (QED) is 0.575. The fraction of sp³-hybridized carbons (Fsp3) is 0.429. The fourth-order valence-electron chi connectivity index (χ4n) is 3.94. The maximum absolute atomic E-state index is 13.3. The molecule has 1 saturated heterocycles. The van der Waals surface area contributed by atoms with Crippen molar-refractivity contribution in [1.29, 1.82) is 0 Å². The number of hydrogen-bond donors (Lipinski definition) is 0. The molecule has 2 aliphatic heterocycles. The van der Waals surface area contributed by atoms with Crippen molar-refractivity contribution in [3.63, 3.8) is 0 Å². The van der Waals surface area contributed by atoms with Crippen molar-refractivity contribution < 1.29 is 9.32 Å². The second kappa shape index (κ2) is 6.84. The van der Waals surface area contributed by atoms with Gasteiger partial charge in [0.15, 0.2) is 0 Å². The lowest BCUT2D eigenvalue weighted by Gasteiger charge is -2.33. The number of carbonyl (C=O) groups is 1. The molecule has 2 aromatic heterocycles. The van der Waals surface area contributed by atoms with Crippen LogP contribution in [0.15, 0.2) is 29.0 Å². The normalized spacial score (nSPS) is 16.0. The maximum atomic E-state index is 13.3. The first kappa shape index (κ1) is 19.1. The van der Waals surface area contributed by atoms with E-state index in [1.165, 1.54) is 0 Å². The second-order valence-corrected chi connectivity index (χ2v) is 9.22. The second-order valence-electron chi connectivity index (χ2n) is 8.78. The Hall–Kier alpha value is -2.87. The summed E-state index contributed by atoms with van der Waals surface area (Å²) in [7, 11) is 0. The molecule has 2 amide bonds. The van der Waals surface area contributed by atoms with E-state index in [1.807, 2.05) is 48.4 Å². The Kier molecular flexibility index (Phi) is 4.36. The number of carbonyl (C=O) groups excluding carboxylic acids is 1. The number of fused-ring (bicyclic) bond motifs is 3. The first-order valence-electron chi connectivity index (χ1n) is 10.1. The van der Waals surface area contributed by atoms with Crippen molar-refractivity contribution in [2.24, 2.45) is 0 Å². The summed E-state index contributed by atoms with van der Waals surface area (Å²) in [6, 6.07) is 5.55. The van der Waals surface area contributed by atoms with Gasteiger partial charge in [-0.1, -0.05) is 37.5 Å². The standard InChI is InChI=1S/C21H23ClN6O2/c1-21(2,3)19-24-18(25-30-19)17-16-11-27(20(29)26-8-4-5-9-26)15-10-13(22)6-7-14(15)28(16)12-23-17/h6-7,10,12H,4-5,8-9,11H2,1-3H3. The Balaban J connectivity index is 1.60. The third-order valence-corrected chi connectivity index (χ3v) is 5.78. The molecule has 0 bridgehead atoms. The largest absolute Gasteiger partial charge is 0.338 e. The van der Waals surface area contributed by atoms with Crippen molar-refractivity contribution in [1.82, 2.24) is 24.6 Å². The zero-order chi connectivity index (χ0) is 21.0. The van der Waals surface area contributed by atoms with Crippen molar-refractivity contribution in [2.75, 3.05) is 18.0 Å². The van der Waals surface area contributed by atoms with Gasteiger partial charge in [-0.25, -0.2) is 9.78 Å². The van der Waals surface area contributed by atoms with Crippen molar-refractivity contribution >= 4 is 23.3 Å². The number of urea groups is 1. The highest BCUT2D eigenvalue weighted by atomic mass is 35.5. The molecule has 0 radical (unpaired) electrons. The molecule has 0 atom stereocenters. The van der Waals surface area contributed by atoms with E-state index in [2.05, 4.69) is 15.1 Å². The molecule has 3 aromatic rings. The Bertz CT molecular complexity index is 1120. The third-order valence-electron chi connectivity index (χ3n) is 5.55. The van der Waals surface area contributed by atoms with Crippen LogP contribution in [0.4, 0.5) is 10.5 Å². The van der Waals surface area contributed by atoms with E-state index >= 15 is 0 Å². The average Bonchev–Trinajstić information content (AvgIpc) is 3.45. The number of hydrogen-bond acceptors (Lipinski definition) is 5. The minimum absolute atomic E-state index is 0.0158. The van der Waals surface area contributed by atoms with Crippen LogP contribution in [0.25, 0.3) is 17.2 Å². The molecule has 0 N–H and O–H groups in total. The van der Waals surface area contributed by atoms with Gasteiger partial charge in [0.2, 0.25) is 11.7 Å². The topological polar surface area (TPSA) is 80.3 Å². The molecule has 30 heavy (non-hydrogen) atoms.